The van der Waals surface area contributed by atoms with Crippen molar-refractivity contribution in [3.63, 3.8) is 0 Å². The van der Waals surface area contributed by atoms with Gasteiger partial charge in [-0.05, 0) is 31.2 Å². The number of hydrogen-bond acceptors (Lipinski definition) is 3. The van der Waals surface area contributed by atoms with E-state index in [-0.39, 0.29) is 17.9 Å². The number of carbonyl (C=O) groups is 2. The Labute approximate surface area is 179 Å². The van der Waals surface area contributed by atoms with Crippen molar-refractivity contribution >= 4 is 11.8 Å². The SMILES string of the molecule is O=C(C1CCCCC1)N1C[C@H]2CN(C(=O)C3CCOCC3)[C@H](c3ccccc3)[C@H]2C1. The highest BCUT2D eigenvalue weighted by Gasteiger charge is 2.51. The van der Waals surface area contributed by atoms with Gasteiger partial charge in [-0.1, -0.05) is 49.6 Å². The molecule has 0 unspecified atom stereocenters. The van der Waals surface area contributed by atoms with E-state index in [1.165, 1.54) is 24.8 Å². The second-order valence-corrected chi connectivity index (χ2v) is 9.73. The van der Waals surface area contributed by atoms with Gasteiger partial charge in [0.15, 0.2) is 0 Å². The first-order chi connectivity index (χ1) is 14.7. The van der Waals surface area contributed by atoms with Crippen LogP contribution in [0.2, 0.25) is 0 Å². The van der Waals surface area contributed by atoms with Gasteiger partial charge in [0.1, 0.15) is 0 Å². The maximum Gasteiger partial charge on any atom is 0.226 e. The van der Waals surface area contributed by atoms with Crippen LogP contribution >= 0.6 is 0 Å². The van der Waals surface area contributed by atoms with Crippen LogP contribution in [0.15, 0.2) is 30.3 Å². The highest BCUT2D eigenvalue weighted by atomic mass is 16.5. The summed E-state index contributed by atoms with van der Waals surface area (Å²) in [6, 6.07) is 10.6. The van der Waals surface area contributed by atoms with Crippen LogP contribution in [0.1, 0.15) is 56.6 Å². The number of ether oxygens (including phenoxy) is 1. The molecule has 1 aromatic carbocycles. The Kier molecular flexibility index (Phi) is 5.81. The van der Waals surface area contributed by atoms with Crippen molar-refractivity contribution in [3.8, 4) is 0 Å². The summed E-state index contributed by atoms with van der Waals surface area (Å²) >= 11 is 0. The predicted molar refractivity (Wildman–Crippen MR) is 115 cm³/mol. The number of likely N-dealkylation sites (tertiary alicyclic amines) is 2. The largest absolute Gasteiger partial charge is 0.381 e. The van der Waals surface area contributed by atoms with Gasteiger partial charge in [0.05, 0.1) is 6.04 Å². The van der Waals surface area contributed by atoms with Crippen LogP contribution in [0, 0.1) is 23.7 Å². The molecule has 1 saturated carbocycles. The summed E-state index contributed by atoms with van der Waals surface area (Å²) in [5.41, 5.74) is 1.22. The predicted octanol–water partition coefficient (Wildman–Crippen LogP) is 3.65. The number of hydrogen-bond donors (Lipinski definition) is 0. The minimum absolute atomic E-state index is 0.0868. The van der Waals surface area contributed by atoms with Crippen LogP contribution in [-0.4, -0.2) is 54.5 Å². The molecule has 4 aliphatic rings. The van der Waals surface area contributed by atoms with Crippen molar-refractivity contribution in [3.05, 3.63) is 35.9 Å². The summed E-state index contributed by atoms with van der Waals surface area (Å²) in [6.07, 6.45) is 7.43. The zero-order chi connectivity index (χ0) is 20.5. The van der Waals surface area contributed by atoms with E-state index >= 15 is 0 Å². The lowest BCUT2D eigenvalue weighted by atomic mass is 9.88. The molecule has 0 spiro atoms. The average molecular weight is 411 g/mol. The monoisotopic (exact) mass is 410 g/mol. The van der Waals surface area contributed by atoms with Gasteiger partial charge < -0.3 is 14.5 Å². The first kappa shape index (κ1) is 20.0. The molecule has 0 radical (unpaired) electrons. The zero-order valence-corrected chi connectivity index (χ0v) is 17.9. The molecule has 1 aliphatic carbocycles. The quantitative estimate of drug-likeness (QED) is 0.764. The lowest BCUT2D eigenvalue weighted by Crippen LogP contribution is -2.42. The fourth-order valence-corrected chi connectivity index (χ4v) is 6.32. The molecule has 3 atom stereocenters. The first-order valence-corrected chi connectivity index (χ1v) is 11.9. The van der Waals surface area contributed by atoms with Gasteiger partial charge in [0.2, 0.25) is 11.8 Å². The Morgan fingerprint density at radius 1 is 0.800 bits per heavy atom. The molecule has 5 nitrogen and oxygen atoms in total. The number of rotatable bonds is 3. The Bertz CT molecular complexity index is 755. The summed E-state index contributed by atoms with van der Waals surface area (Å²) in [7, 11) is 0. The highest BCUT2D eigenvalue weighted by Crippen LogP contribution is 2.46. The van der Waals surface area contributed by atoms with E-state index in [9.17, 15) is 9.59 Å². The Morgan fingerprint density at radius 2 is 1.50 bits per heavy atom. The molecule has 1 aromatic rings. The lowest BCUT2D eigenvalue weighted by molar-refractivity contribution is -0.140. The summed E-state index contributed by atoms with van der Waals surface area (Å²) in [6.45, 7) is 3.79. The van der Waals surface area contributed by atoms with Crippen molar-refractivity contribution in [1.82, 2.24) is 9.80 Å². The molecule has 3 heterocycles. The van der Waals surface area contributed by atoms with E-state index in [0.29, 0.717) is 36.9 Å². The summed E-state index contributed by atoms with van der Waals surface area (Å²) < 4.78 is 5.48. The summed E-state index contributed by atoms with van der Waals surface area (Å²) in [5.74, 6) is 1.73. The zero-order valence-electron chi connectivity index (χ0n) is 17.9. The van der Waals surface area contributed by atoms with E-state index in [0.717, 1.165) is 45.3 Å². The Balaban J connectivity index is 1.35. The van der Waals surface area contributed by atoms with Gasteiger partial charge in [0.25, 0.3) is 0 Å². The number of carbonyl (C=O) groups excluding carboxylic acids is 2. The third-order valence-corrected chi connectivity index (χ3v) is 7.92. The first-order valence-electron chi connectivity index (χ1n) is 11.9. The standard InChI is InChI=1S/C25H34N2O3/c28-24(19-9-5-2-6-10-19)26-15-21-16-27(25(29)20-11-13-30-14-12-20)23(22(21)17-26)18-7-3-1-4-8-18/h1,3-4,7-8,19-23H,2,5-6,9-17H2/t21-,22-,23+/m0/s1. The van der Waals surface area contributed by atoms with Gasteiger partial charge in [-0.25, -0.2) is 0 Å². The minimum atomic E-state index is 0.0868. The third-order valence-electron chi connectivity index (χ3n) is 7.92. The maximum absolute atomic E-state index is 13.5. The summed E-state index contributed by atoms with van der Waals surface area (Å²) in [5, 5.41) is 0. The molecule has 3 saturated heterocycles. The second-order valence-electron chi connectivity index (χ2n) is 9.73. The molecule has 4 fully saturated rings. The highest BCUT2D eigenvalue weighted by molar-refractivity contribution is 5.81. The number of benzene rings is 1. The van der Waals surface area contributed by atoms with Gasteiger partial charge in [-0.2, -0.15) is 0 Å². The molecule has 0 N–H and O–H groups in total. The van der Waals surface area contributed by atoms with Crippen molar-refractivity contribution in [2.24, 2.45) is 23.7 Å². The fraction of sp³-hybridized carbons (Fsp3) is 0.680. The van der Waals surface area contributed by atoms with Crippen molar-refractivity contribution in [2.45, 2.75) is 51.0 Å². The van der Waals surface area contributed by atoms with Crippen molar-refractivity contribution in [2.75, 3.05) is 32.8 Å². The molecule has 5 rings (SSSR count). The van der Waals surface area contributed by atoms with Gasteiger partial charge in [-0.15, -0.1) is 0 Å². The molecular weight excluding hydrogens is 376 g/mol. The van der Waals surface area contributed by atoms with Crippen LogP contribution in [0.4, 0.5) is 0 Å². The third kappa shape index (κ3) is 3.77. The smallest absolute Gasteiger partial charge is 0.226 e. The van der Waals surface area contributed by atoms with Crippen molar-refractivity contribution < 1.29 is 14.3 Å². The van der Waals surface area contributed by atoms with Crippen LogP contribution in [-0.2, 0) is 14.3 Å². The van der Waals surface area contributed by atoms with Crippen LogP contribution in [0.25, 0.3) is 0 Å². The van der Waals surface area contributed by atoms with E-state index < -0.39 is 0 Å². The molecule has 3 aliphatic heterocycles. The van der Waals surface area contributed by atoms with Crippen LogP contribution in [0.5, 0.6) is 0 Å². The molecule has 0 bridgehead atoms. The fourth-order valence-electron chi connectivity index (χ4n) is 6.32. The Hall–Kier alpha value is -1.88. The van der Waals surface area contributed by atoms with E-state index in [1.807, 2.05) is 6.07 Å². The lowest BCUT2D eigenvalue weighted by Gasteiger charge is -2.34. The van der Waals surface area contributed by atoms with Crippen molar-refractivity contribution in [1.29, 1.82) is 0 Å². The molecule has 30 heavy (non-hydrogen) atoms. The molecule has 0 aromatic heterocycles. The van der Waals surface area contributed by atoms with Gasteiger partial charge in [0, 0.05) is 56.5 Å². The molecule has 5 heteroatoms. The van der Waals surface area contributed by atoms with Gasteiger partial charge in [-0.3, -0.25) is 9.59 Å². The number of nitrogens with zero attached hydrogens (tertiary/aromatic N) is 2. The number of amides is 2. The average Bonchev–Trinajstić information content (AvgIpc) is 3.38. The number of fused-ring (bicyclic) bond motifs is 1. The van der Waals surface area contributed by atoms with Crippen LogP contribution in [0.3, 0.4) is 0 Å². The van der Waals surface area contributed by atoms with E-state index in [1.54, 1.807) is 0 Å². The minimum Gasteiger partial charge on any atom is -0.381 e. The molecule has 162 valence electrons. The Morgan fingerprint density at radius 3 is 2.23 bits per heavy atom. The second kappa shape index (κ2) is 8.70. The van der Waals surface area contributed by atoms with Gasteiger partial charge >= 0.3 is 0 Å². The topological polar surface area (TPSA) is 49.9 Å². The summed E-state index contributed by atoms with van der Waals surface area (Å²) in [4.78, 5) is 30.9. The van der Waals surface area contributed by atoms with Crippen LogP contribution < -0.4 is 0 Å². The normalized spacial score (nSPS) is 30.5. The molecule has 2 amide bonds. The van der Waals surface area contributed by atoms with E-state index in [2.05, 4.69) is 34.1 Å². The van der Waals surface area contributed by atoms with E-state index in [4.69, 9.17) is 4.74 Å². The maximum atomic E-state index is 13.5. The molecular formula is C25H34N2O3.